The number of carbonyl (C=O) groups is 4. The first-order chi connectivity index (χ1) is 22.6. The van der Waals surface area contributed by atoms with Gasteiger partial charge in [-0.15, -0.1) is 0 Å². The van der Waals surface area contributed by atoms with Crippen LogP contribution in [-0.2, 0) is 28.7 Å². The molecule has 2 aromatic carbocycles. The fraction of sp³-hybridized carbons (Fsp3) is 0.429. The molecule has 1 N–H and O–H groups in total. The van der Waals surface area contributed by atoms with Crippen molar-refractivity contribution in [2.45, 2.75) is 56.1 Å². The van der Waals surface area contributed by atoms with Crippen molar-refractivity contribution in [3.05, 3.63) is 87.9 Å². The molecule has 12 heteroatoms. The van der Waals surface area contributed by atoms with Gasteiger partial charge in [-0.05, 0) is 55.7 Å². The Hall–Kier alpha value is -3.51. The van der Waals surface area contributed by atoms with E-state index in [1.165, 1.54) is 4.90 Å². The standard InChI is InChI=1S/C35H37BrClN3O7/c1-21-29(22-10-5-3-6-11-22)46-34(45)27-28-32(43)40(18-9-19-41)31(35(28)20-25(36)30(27)47-35)33(44)39(24-15-13-23(37)14-16-24)17-8-4-7-12-26(42)38(21)2/h3-6,8,10-11,13-16,20-21,27-31,41H,7,9,12,17-19H2,1-2H3/b8-4-/t21-,27+,28-,29+,30+,31+,35-/m1/s1. The van der Waals surface area contributed by atoms with Crippen molar-refractivity contribution in [3.8, 4) is 0 Å². The van der Waals surface area contributed by atoms with E-state index < -0.39 is 59.5 Å². The van der Waals surface area contributed by atoms with Gasteiger partial charge in [0.2, 0.25) is 11.8 Å². The second kappa shape index (κ2) is 13.5. The minimum Gasteiger partial charge on any atom is -0.455 e. The summed E-state index contributed by atoms with van der Waals surface area (Å²) in [7, 11) is 1.69. The zero-order valence-electron chi connectivity index (χ0n) is 26.1. The molecule has 10 nitrogen and oxygen atoms in total. The lowest BCUT2D eigenvalue weighted by atomic mass is 9.74. The van der Waals surface area contributed by atoms with E-state index in [0.717, 1.165) is 0 Å². The highest BCUT2D eigenvalue weighted by molar-refractivity contribution is 9.11. The molecule has 6 rings (SSSR count). The SMILES string of the molecule is C[C@@H]1[C@@H](c2ccccc2)OC(=O)[C@@H]2[C@H]3O[C@@]4(C=C3Br)[C@H](C(=O)N(c3ccc(Cl)cc3)C/C=C\CCC(=O)N1C)N(CCCO)C(=O)[C@@H]24. The summed E-state index contributed by atoms with van der Waals surface area (Å²) in [4.78, 5) is 61.4. The van der Waals surface area contributed by atoms with Crippen LogP contribution >= 0.6 is 27.5 Å². The Morgan fingerprint density at radius 2 is 1.72 bits per heavy atom. The number of nitrogens with zero attached hydrogens (tertiary/aromatic N) is 3. The maximum atomic E-state index is 14.8. The molecule has 2 fully saturated rings. The fourth-order valence-electron chi connectivity index (χ4n) is 7.24. The lowest BCUT2D eigenvalue weighted by Crippen LogP contribution is -2.56. The van der Waals surface area contributed by atoms with Gasteiger partial charge in [0.1, 0.15) is 29.8 Å². The van der Waals surface area contributed by atoms with Crippen LogP contribution in [0.3, 0.4) is 0 Å². The number of likely N-dealkylation sites (N-methyl/N-ethyl adjacent to an activating group) is 1. The summed E-state index contributed by atoms with van der Waals surface area (Å²) < 4.78 is 13.4. The minimum absolute atomic E-state index is 0.0894. The van der Waals surface area contributed by atoms with Gasteiger partial charge in [-0.1, -0.05) is 70.0 Å². The number of cyclic esters (lactones) is 1. The number of esters is 1. The van der Waals surface area contributed by atoms with E-state index in [2.05, 4.69) is 15.9 Å². The lowest BCUT2D eigenvalue weighted by Gasteiger charge is -2.36. The topological polar surface area (TPSA) is 117 Å². The Labute approximate surface area is 287 Å². The number of fused-ring (bicyclic) bond motifs is 2. The summed E-state index contributed by atoms with van der Waals surface area (Å²) in [5.41, 5.74) is -0.203. The van der Waals surface area contributed by atoms with E-state index in [9.17, 15) is 24.3 Å². The highest BCUT2D eigenvalue weighted by Crippen LogP contribution is 2.59. The van der Waals surface area contributed by atoms with Crippen LogP contribution in [0.15, 0.2) is 77.3 Å². The van der Waals surface area contributed by atoms with Gasteiger partial charge in [0.15, 0.2) is 0 Å². The van der Waals surface area contributed by atoms with Gasteiger partial charge in [0.25, 0.3) is 5.91 Å². The number of allylic oxidation sites excluding steroid dienone is 1. The fourth-order valence-corrected chi connectivity index (χ4v) is 8.10. The quantitative estimate of drug-likeness (QED) is 0.359. The van der Waals surface area contributed by atoms with Crippen molar-refractivity contribution in [1.29, 1.82) is 0 Å². The van der Waals surface area contributed by atoms with Crippen LogP contribution in [0.5, 0.6) is 0 Å². The van der Waals surface area contributed by atoms with Crippen LogP contribution in [0.1, 0.15) is 37.9 Å². The average molecular weight is 727 g/mol. The van der Waals surface area contributed by atoms with Gasteiger partial charge in [0.05, 0.1) is 12.0 Å². The number of carbonyl (C=O) groups excluding carboxylic acids is 4. The summed E-state index contributed by atoms with van der Waals surface area (Å²) in [6.07, 6.45) is 4.62. The molecule has 0 unspecified atom stereocenters. The first-order valence-electron chi connectivity index (χ1n) is 15.8. The Morgan fingerprint density at radius 3 is 2.43 bits per heavy atom. The molecular weight excluding hydrogens is 690 g/mol. The zero-order chi connectivity index (χ0) is 33.5. The van der Waals surface area contributed by atoms with Crippen molar-refractivity contribution >= 4 is 56.9 Å². The van der Waals surface area contributed by atoms with Crippen molar-refractivity contribution in [2.24, 2.45) is 11.8 Å². The van der Waals surface area contributed by atoms with E-state index in [0.29, 0.717) is 27.2 Å². The van der Waals surface area contributed by atoms with Gasteiger partial charge in [-0.2, -0.15) is 0 Å². The molecule has 3 amide bonds. The van der Waals surface area contributed by atoms with E-state index in [-0.39, 0.29) is 38.4 Å². The van der Waals surface area contributed by atoms with E-state index in [1.54, 1.807) is 47.2 Å². The summed E-state index contributed by atoms with van der Waals surface area (Å²) in [6.45, 7) is 1.88. The number of benzene rings is 2. The van der Waals surface area contributed by atoms with Crippen LogP contribution in [0, 0.1) is 11.8 Å². The molecular formula is C35H37BrClN3O7. The molecule has 4 aliphatic rings. The maximum Gasteiger partial charge on any atom is 0.313 e. The highest BCUT2D eigenvalue weighted by atomic mass is 79.9. The summed E-state index contributed by atoms with van der Waals surface area (Å²) >= 11 is 9.76. The molecule has 2 aromatic rings. The normalized spacial score (nSPS) is 32.0. The molecule has 4 heterocycles. The molecule has 47 heavy (non-hydrogen) atoms. The number of aliphatic hydroxyl groups is 1. The molecule has 5 bridgehead atoms. The van der Waals surface area contributed by atoms with E-state index >= 15 is 0 Å². The largest absolute Gasteiger partial charge is 0.455 e. The Kier molecular flexibility index (Phi) is 9.62. The Bertz CT molecular complexity index is 1600. The number of ether oxygens (including phenoxy) is 2. The van der Waals surface area contributed by atoms with E-state index in [4.69, 9.17) is 21.1 Å². The van der Waals surface area contributed by atoms with Crippen molar-refractivity contribution in [1.82, 2.24) is 9.80 Å². The number of rotatable bonds is 5. The molecule has 0 aliphatic carbocycles. The first kappa shape index (κ1) is 33.4. The highest BCUT2D eigenvalue weighted by Gasteiger charge is 2.75. The molecule has 2 saturated heterocycles. The van der Waals surface area contributed by atoms with Crippen LogP contribution in [0.2, 0.25) is 5.02 Å². The van der Waals surface area contributed by atoms with Gasteiger partial charge in [-0.25, -0.2) is 0 Å². The number of hydrogen-bond donors (Lipinski definition) is 1. The van der Waals surface area contributed by atoms with Gasteiger partial charge in [0, 0.05) is 48.4 Å². The van der Waals surface area contributed by atoms with Crippen LogP contribution in [0.25, 0.3) is 0 Å². The smallest absolute Gasteiger partial charge is 0.313 e. The van der Waals surface area contributed by atoms with Crippen molar-refractivity contribution in [2.75, 3.05) is 31.6 Å². The van der Waals surface area contributed by atoms with Gasteiger partial charge < -0.3 is 29.3 Å². The molecule has 7 atom stereocenters. The average Bonchev–Trinajstić information content (AvgIpc) is 3.66. The number of halogens is 2. The Morgan fingerprint density at radius 1 is 1.00 bits per heavy atom. The Balaban J connectivity index is 1.47. The lowest BCUT2D eigenvalue weighted by molar-refractivity contribution is -0.164. The maximum absolute atomic E-state index is 14.8. The predicted octanol–water partition coefficient (Wildman–Crippen LogP) is 4.41. The third-order valence-corrected chi connectivity index (χ3v) is 10.6. The first-order valence-corrected chi connectivity index (χ1v) is 17.0. The number of hydrogen-bond acceptors (Lipinski definition) is 7. The number of amides is 3. The van der Waals surface area contributed by atoms with Crippen molar-refractivity contribution < 1.29 is 33.8 Å². The van der Waals surface area contributed by atoms with Crippen LogP contribution < -0.4 is 4.90 Å². The summed E-state index contributed by atoms with van der Waals surface area (Å²) in [6, 6.07) is 14.4. The van der Waals surface area contributed by atoms with Crippen LogP contribution in [-0.4, -0.2) is 89.1 Å². The molecule has 0 saturated carbocycles. The van der Waals surface area contributed by atoms with Gasteiger partial charge in [-0.3, -0.25) is 19.2 Å². The molecule has 1 spiro atoms. The second-order valence-electron chi connectivity index (χ2n) is 12.4. The van der Waals surface area contributed by atoms with Crippen molar-refractivity contribution in [3.63, 3.8) is 0 Å². The summed E-state index contributed by atoms with van der Waals surface area (Å²) in [5.74, 6) is -3.71. The number of likely N-dealkylation sites (tertiary alicyclic amines) is 1. The number of aliphatic hydroxyl groups excluding tert-OH is 1. The molecule has 0 radical (unpaired) electrons. The van der Waals surface area contributed by atoms with Gasteiger partial charge >= 0.3 is 5.97 Å². The third kappa shape index (κ3) is 5.92. The number of anilines is 1. The predicted molar refractivity (Wildman–Crippen MR) is 178 cm³/mol. The molecule has 248 valence electrons. The molecule has 0 aromatic heterocycles. The summed E-state index contributed by atoms with van der Waals surface area (Å²) in [5, 5.41) is 10.2. The van der Waals surface area contributed by atoms with Crippen LogP contribution in [0.4, 0.5) is 5.69 Å². The second-order valence-corrected chi connectivity index (χ2v) is 13.7. The van der Waals surface area contributed by atoms with E-state index in [1.807, 2.05) is 49.4 Å². The minimum atomic E-state index is -1.46. The monoisotopic (exact) mass is 725 g/mol. The third-order valence-electron chi connectivity index (χ3n) is 9.69. The molecule has 4 aliphatic heterocycles. The zero-order valence-corrected chi connectivity index (χ0v) is 28.5.